The van der Waals surface area contributed by atoms with Gasteiger partial charge in [0.1, 0.15) is 29.2 Å². The van der Waals surface area contributed by atoms with Gasteiger partial charge in [-0.15, -0.1) is 0 Å². The number of nitrogens with zero attached hydrogens (tertiary/aromatic N) is 8. The van der Waals surface area contributed by atoms with Gasteiger partial charge in [0.25, 0.3) is 0 Å². The lowest BCUT2D eigenvalue weighted by molar-refractivity contribution is 0.560. The molecule has 1 saturated heterocycles. The third kappa shape index (κ3) is 3.67. The molecule has 5 aromatic rings. The lowest BCUT2D eigenvalue weighted by Gasteiger charge is -2.26. The highest BCUT2D eigenvalue weighted by Crippen LogP contribution is 2.37. The zero-order chi connectivity index (χ0) is 23.9. The number of benzene rings is 1. The molecule has 0 bridgehead atoms. The van der Waals surface area contributed by atoms with Crippen molar-refractivity contribution in [2.75, 3.05) is 11.4 Å². The summed E-state index contributed by atoms with van der Waals surface area (Å²) in [6.07, 6.45) is 11.7. The van der Waals surface area contributed by atoms with Crippen molar-refractivity contribution < 1.29 is 8.78 Å². The maximum absolute atomic E-state index is 14.5. The molecule has 0 radical (unpaired) electrons. The van der Waals surface area contributed by atoms with Gasteiger partial charge in [0.15, 0.2) is 5.65 Å². The van der Waals surface area contributed by atoms with E-state index in [1.807, 2.05) is 17.2 Å². The Balaban J connectivity index is 1.37. The highest BCUT2D eigenvalue weighted by Gasteiger charge is 2.30. The van der Waals surface area contributed by atoms with E-state index in [-0.39, 0.29) is 6.04 Å². The number of nitriles is 1. The van der Waals surface area contributed by atoms with Crippen LogP contribution < -0.4 is 4.90 Å². The molecule has 1 aliphatic heterocycles. The molecule has 1 fully saturated rings. The first-order valence-electron chi connectivity index (χ1n) is 11.1. The lowest BCUT2D eigenvalue weighted by Crippen LogP contribution is -2.24. The second kappa shape index (κ2) is 8.29. The molecular formula is C25H18F2N8. The van der Waals surface area contributed by atoms with Gasteiger partial charge in [0.05, 0.1) is 24.0 Å². The lowest BCUT2D eigenvalue weighted by atomic mass is 10.0. The van der Waals surface area contributed by atoms with E-state index >= 15 is 0 Å². The third-order valence-electron chi connectivity index (χ3n) is 6.23. The van der Waals surface area contributed by atoms with E-state index in [4.69, 9.17) is 10.2 Å². The van der Waals surface area contributed by atoms with Crippen LogP contribution in [0.25, 0.3) is 22.5 Å². The van der Waals surface area contributed by atoms with Gasteiger partial charge in [-0.2, -0.15) is 15.5 Å². The number of hydrogen-bond donors (Lipinski definition) is 0. The van der Waals surface area contributed by atoms with Gasteiger partial charge >= 0.3 is 0 Å². The molecule has 0 spiro atoms. The topological polar surface area (TPSA) is 87.9 Å². The van der Waals surface area contributed by atoms with Crippen molar-refractivity contribution in [1.29, 1.82) is 5.26 Å². The van der Waals surface area contributed by atoms with Crippen molar-refractivity contribution in [3.05, 3.63) is 90.3 Å². The summed E-state index contributed by atoms with van der Waals surface area (Å²) in [4.78, 5) is 10.9. The van der Waals surface area contributed by atoms with Crippen LogP contribution >= 0.6 is 0 Å². The van der Waals surface area contributed by atoms with Crippen LogP contribution in [0.4, 0.5) is 14.6 Å². The van der Waals surface area contributed by atoms with Crippen LogP contribution in [0.2, 0.25) is 0 Å². The average Bonchev–Trinajstić information content (AvgIpc) is 3.64. The smallest absolute Gasteiger partial charge is 0.183 e. The molecule has 172 valence electrons. The van der Waals surface area contributed by atoms with E-state index < -0.39 is 11.6 Å². The van der Waals surface area contributed by atoms with Crippen LogP contribution in [0.5, 0.6) is 0 Å². The molecule has 1 unspecified atom stereocenters. The van der Waals surface area contributed by atoms with Gasteiger partial charge in [0, 0.05) is 48.0 Å². The fourth-order valence-electron chi connectivity index (χ4n) is 4.57. The third-order valence-corrected chi connectivity index (χ3v) is 6.23. The van der Waals surface area contributed by atoms with Crippen molar-refractivity contribution in [2.45, 2.75) is 18.9 Å². The molecule has 10 heteroatoms. The summed E-state index contributed by atoms with van der Waals surface area (Å²) in [5.74, 6) is -0.225. The number of hydrogen-bond acceptors (Lipinski definition) is 6. The largest absolute Gasteiger partial charge is 0.349 e. The predicted molar refractivity (Wildman–Crippen MR) is 124 cm³/mol. The van der Waals surface area contributed by atoms with E-state index in [0.29, 0.717) is 41.2 Å². The van der Waals surface area contributed by atoms with E-state index in [1.54, 1.807) is 40.1 Å². The van der Waals surface area contributed by atoms with Gasteiger partial charge < -0.3 is 4.90 Å². The average molecular weight is 468 g/mol. The minimum absolute atomic E-state index is 0.303. The number of fused-ring (bicyclic) bond motifs is 1. The van der Waals surface area contributed by atoms with Crippen LogP contribution in [0.15, 0.2) is 67.5 Å². The molecule has 6 rings (SSSR count). The van der Waals surface area contributed by atoms with E-state index in [0.717, 1.165) is 23.6 Å². The van der Waals surface area contributed by atoms with Crippen molar-refractivity contribution in [1.82, 2.24) is 29.4 Å². The SMILES string of the molecule is N#Cc1cncc(-c2cnn(-c3cnn4ccc(N5CCCC5c5cc(F)ccc5F)nc34)c2)c1. The molecule has 1 aromatic carbocycles. The minimum atomic E-state index is -0.459. The summed E-state index contributed by atoms with van der Waals surface area (Å²) in [6.45, 7) is 0.682. The quantitative estimate of drug-likeness (QED) is 0.387. The molecule has 8 nitrogen and oxygen atoms in total. The van der Waals surface area contributed by atoms with Crippen LogP contribution in [-0.4, -0.2) is 35.9 Å². The van der Waals surface area contributed by atoms with Gasteiger partial charge in [-0.1, -0.05) is 0 Å². The minimum Gasteiger partial charge on any atom is -0.349 e. The Labute approximate surface area is 198 Å². The highest BCUT2D eigenvalue weighted by atomic mass is 19.1. The number of pyridine rings is 1. The van der Waals surface area contributed by atoms with Crippen molar-refractivity contribution >= 4 is 11.5 Å². The standard InChI is InChI=1S/C25H18F2N8/c26-19-3-4-21(27)20(9-19)22-2-1-6-33(22)24-5-7-34-25(32-24)23(14-31-34)35-15-18(13-30-35)17-8-16(10-28)11-29-12-17/h3-5,7-9,11-15,22H,1-2,6H2. The van der Waals surface area contributed by atoms with Gasteiger partial charge in [0.2, 0.25) is 0 Å². The van der Waals surface area contributed by atoms with Crippen LogP contribution in [0.1, 0.15) is 30.0 Å². The molecule has 4 aromatic heterocycles. The molecule has 0 saturated carbocycles. The van der Waals surface area contributed by atoms with Crippen LogP contribution in [0.3, 0.4) is 0 Å². The van der Waals surface area contributed by atoms with E-state index in [1.165, 1.54) is 18.3 Å². The first-order chi connectivity index (χ1) is 17.1. The Morgan fingerprint density at radius 1 is 1.00 bits per heavy atom. The highest BCUT2D eigenvalue weighted by molar-refractivity contribution is 5.66. The summed E-state index contributed by atoms with van der Waals surface area (Å²) in [5, 5.41) is 18.0. The fourth-order valence-corrected chi connectivity index (χ4v) is 4.57. The normalized spacial score (nSPS) is 15.6. The zero-order valence-electron chi connectivity index (χ0n) is 18.4. The Hall–Kier alpha value is -4.65. The summed E-state index contributed by atoms with van der Waals surface area (Å²) < 4.78 is 31.7. The molecule has 5 heterocycles. The summed E-state index contributed by atoms with van der Waals surface area (Å²) in [7, 11) is 0. The van der Waals surface area contributed by atoms with Gasteiger partial charge in [-0.25, -0.2) is 23.0 Å². The number of halogens is 2. The summed E-state index contributed by atoms with van der Waals surface area (Å²) >= 11 is 0. The fraction of sp³-hybridized carbons (Fsp3) is 0.160. The van der Waals surface area contributed by atoms with Crippen molar-refractivity contribution in [2.24, 2.45) is 0 Å². The first kappa shape index (κ1) is 20.9. The predicted octanol–water partition coefficient (Wildman–Crippen LogP) is 4.47. The van der Waals surface area contributed by atoms with E-state index in [9.17, 15) is 8.78 Å². The van der Waals surface area contributed by atoms with Gasteiger partial charge in [-0.3, -0.25) is 4.98 Å². The summed E-state index contributed by atoms with van der Waals surface area (Å²) in [6, 6.07) is 8.93. The second-order valence-electron chi connectivity index (χ2n) is 8.35. The summed E-state index contributed by atoms with van der Waals surface area (Å²) in [5.41, 5.74) is 3.61. The molecular weight excluding hydrogens is 450 g/mol. The molecule has 35 heavy (non-hydrogen) atoms. The van der Waals surface area contributed by atoms with E-state index in [2.05, 4.69) is 21.3 Å². The number of aromatic nitrogens is 6. The van der Waals surface area contributed by atoms with Crippen molar-refractivity contribution in [3.63, 3.8) is 0 Å². The molecule has 1 aliphatic rings. The van der Waals surface area contributed by atoms with Crippen LogP contribution in [-0.2, 0) is 0 Å². The maximum Gasteiger partial charge on any atom is 0.183 e. The first-order valence-corrected chi connectivity index (χ1v) is 11.1. The number of anilines is 1. The Bertz CT molecular complexity index is 1600. The second-order valence-corrected chi connectivity index (χ2v) is 8.35. The molecule has 1 atom stereocenters. The zero-order valence-corrected chi connectivity index (χ0v) is 18.4. The Kier molecular flexibility index (Phi) is 4.95. The molecule has 0 N–H and O–H groups in total. The maximum atomic E-state index is 14.5. The number of rotatable bonds is 4. The Morgan fingerprint density at radius 2 is 1.91 bits per heavy atom. The van der Waals surface area contributed by atoms with Crippen molar-refractivity contribution in [3.8, 4) is 22.9 Å². The van der Waals surface area contributed by atoms with Crippen LogP contribution in [0, 0.1) is 23.0 Å². The monoisotopic (exact) mass is 468 g/mol. The Morgan fingerprint density at radius 3 is 2.80 bits per heavy atom. The molecule has 0 aliphatic carbocycles. The van der Waals surface area contributed by atoms with Gasteiger partial charge in [-0.05, 0) is 43.2 Å². The molecule has 0 amide bonds.